The van der Waals surface area contributed by atoms with E-state index in [0.29, 0.717) is 0 Å². The average molecular weight is 331 g/mol. The first-order valence-electron chi connectivity index (χ1n) is 6.02. The van der Waals surface area contributed by atoms with Gasteiger partial charge < -0.3 is 4.74 Å². The smallest absolute Gasteiger partial charge is 0.324 e. The zero-order valence-electron chi connectivity index (χ0n) is 11.8. The van der Waals surface area contributed by atoms with E-state index in [9.17, 15) is 13.2 Å². The summed E-state index contributed by atoms with van der Waals surface area (Å²) in [4.78, 5) is 11.4. The van der Waals surface area contributed by atoms with Crippen molar-refractivity contribution >= 4 is 27.6 Å². The number of halogens is 1. The Morgan fingerprint density at radius 3 is 2.52 bits per heavy atom. The molecule has 1 rings (SSSR count). The van der Waals surface area contributed by atoms with Crippen LogP contribution < -0.4 is 4.72 Å². The van der Waals surface area contributed by atoms with Gasteiger partial charge in [-0.1, -0.05) is 25.4 Å². The van der Waals surface area contributed by atoms with Gasteiger partial charge in [0.1, 0.15) is 17.0 Å². The third-order valence-electron chi connectivity index (χ3n) is 2.76. The van der Waals surface area contributed by atoms with Gasteiger partial charge in [-0.15, -0.1) is 0 Å². The molecule has 0 aliphatic heterocycles. The van der Waals surface area contributed by atoms with Crippen LogP contribution in [0.2, 0.25) is 5.02 Å². The van der Waals surface area contributed by atoms with Crippen molar-refractivity contribution in [2.75, 3.05) is 7.11 Å². The Bertz CT molecular complexity index is 680. The lowest BCUT2D eigenvalue weighted by molar-refractivity contribution is -0.143. The Labute approximate surface area is 128 Å². The second-order valence-electron chi connectivity index (χ2n) is 4.62. The fourth-order valence-electron chi connectivity index (χ4n) is 1.62. The van der Waals surface area contributed by atoms with Gasteiger partial charge in [-0.2, -0.15) is 9.98 Å². The fraction of sp³-hybridized carbons (Fsp3) is 0.385. The summed E-state index contributed by atoms with van der Waals surface area (Å²) in [5, 5.41) is 9.17. The van der Waals surface area contributed by atoms with Crippen molar-refractivity contribution in [2.45, 2.75) is 24.8 Å². The minimum Gasteiger partial charge on any atom is -0.468 e. The van der Waals surface area contributed by atoms with Crippen molar-refractivity contribution < 1.29 is 17.9 Å². The monoisotopic (exact) mass is 330 g/mol. The minimum absolute atomic E-state index is 0.0562. The highest BCUT2D eigenvalue weighted by molar-refractivity contribution is 7.89. The summed E-state index contributed by atoms with van der Waals surface area (Å²) in [6.07, 6.45) is 0. The van der Waals surface area contributed by atoms with E-state index >= 15 is 0 Å². The predicted octanol–water partition coefficient (Wildman–Crippen LogP) is 1.69. The zero-order chi connectivity index (χ0) is 16.2. The number of nitrogens with one attached hydrogen (secondary N) is 1. The molecule has 0 saturated heterocycles. The molecule has 8 heteroatoms. The molecule has 1 N–H and O–H groups in total. The number of carbonyl (C=O) groups is 1. The number of nitrogens with zero attached hydrogens (tertiary/aromatic N) is 1. The molecule has 0 saturated carbocycles. The van der Waals surface area contributed by atoms with E-state index in [-0.39, 0.29) is 21.4 Å². The molecule has 21 heavy (non-hydrogen) atoms. The van der Waals surface area contributed by atoms with E-state index in [1.165, 1.54) is 19.2 Å². The van der Waals surface area contributed by atoms with E-state index < -0.39 is 22.0 Å². The van der Waals surface area contributed by atoms with Crippen LogP contribution in [0.5, 0.6) is 0 Å². The maximum atomic E-state index is 12.4. The second kappa shape index (κ2) is 6.89. The number of sulfonamides is 1. The third kappa shape index (κ3) is 4.17. The van der Waals surface area contributed by atoms with Gasteiger partial charge in [0, 0.05) is 5.02 Å². The Balaban J connectivity index is 3.26. The van der Waals surface area contributed by atoms with Crippen LogP contribution >= 0.6 is 11.6 Å². The molecule has 0 spiro atoms. The fourth-order valence-corrected chi connectivity index (χ4v) is 3.38. The summed E-state index contributed by atoms with van der Waals surface area (Å²) in [5.41, 5.74) is -0.0562. The summed E-state index contributed by atoms with van der Waals surface area (Å²) in [6, 6.07) is 4.61. The summed E-state index contributed by atoms with van der Waals surface area (Å²) in [6.45, 7) is 3.35. The number of nitriles is 1. The molecular weight excluding hydrogens is 316 g/mol. The molecule has 1 aromatic carbocycles. The van der Waals surface area contributed by atoms with Gasteiger partial charge in [-0.05, 0) is 24.1 Å². The first kappa shape index (κ1) is 17.4. The number of carbonyl (C=O) groups excluding carboxylic acids is 1. The van der Waals surface area contributed by atoms with Crippen molar-refractivity contribution in [1.29, 1.82) is 5.26 Å². The molecule has 0 aliphatic carbocycles. The summed E-state index contributed by atoms with van der Waals surface area (Å²) in [5.74, 6) is -1.02. The number of rotatable bonds is 5. The number of esters is 1. The molecule has 0 amide bonds. The van der Waals surface area contributed by atoms with Gasteiger partial charge >= 0.3 is 5.97 Å². The molecule has 0 bridgehead atoms. The number of benzene rings is 1. The molecule has 0 heterocycles. The molecule has 0 aromatic heterocycles. The number of hydrogen-bond acceptors (Lipinski definition) is 5. The van der Waals surface area contributed by atoms with Crippen LogP contribution in [-0.4, -0.2) is 27.5 Å². The van der Waals surface area contributed by atoms with Gasteiger partial charge in [-0.3, -0.25) is 4.79 Å². The molecule has 0 fully saturated rings. The number of ether oxygens (including phenoxy) is 1. The molecule has 1 aromatic rings. The molecule has 0 radical (unpaired) electrons. The Hall–Kier alpha value is -1.62. The van der Waals surface area contributed by atoms with Crippen molar-refractivity contribution in [3.63, 3.8) is 0 Å². The number of hydrogen-bond donors (Lipinski definition) is 1. The zero-order valence-corrected chi connectivity index (χ0v) is 13.3. The quantitative estimate of drug-likeness (QED) is 0.829. The average Bonchev–Trinajstić information content (AvgIpc) is 2.43. The van der Waals surface area contributed by atoms with E-state index in [2.05, 4.69) is 9.46 Å². The maximum Gasteiger partial charge on any atom is 0.324 e. The van der Waals surface area contributed by atoms with Crippen LogP contribution in [0.4, 0.5) is 0 Å². The van der Waals surface area contributed by atoms with E-state index in [0.717, 1.165) is 6.07 Å². The van der Waals surface area contributed by atoms with E-state index in [1.54, 1.807) is 19.9 Å². The third-order valence-corrected chi connectivity index (χ3v) is 4.47. The maximum absolute atomic E-state index is 12.4. The number of methoxy groups -OCH3 is 1. The van der Waals surface area contributed by atoms with Gasteiger partial charge in [0.15, 0.2) is 0 Å². The lowest BCUT2D eigenvalue weighted by Crippen LogP contribution is -2.45. The largest absolute Gasteiger partial charge is 0.468 e. The standard InChI is InChI=1S/C13H15ClN2O4S/c1-8(2)12(13(17)20-3)16-21(18,19)11-6-10(14)5-4-9(11)7-15/h4-6,8,12,16H,1-3H3. The van der Waals surface area contributed by atoms with Crippen LogP contribution in [0, 0.1) is 17.2 Å². The first-order valence-corrected chi connectivity index (χ1v) is 7.89. The summed E-state index contributed by atoms with van der Waals surface area (Å²) in [7, 11) is -2.91. The molecular formula is C13H15ClN2O4S. The van der Waals surface area contributed by atoms with E-state index in [1.807, 2.05) is 0 Å². The van der Waals surface area contributed by atoms with Crippen molar-refractivity contribution in [3.05, 3.63) is 28.8 Å². The van der Waals surface area contributed by atoms with Crippen LogP contribution in [0.15, 0.2) is 23.1 Å². The van der Waals surface area contributed by atoms with Crippen molar-refractivity contribution in [2.24, 2.45) is 5.92 Å². The SMILES string of the molecule is COC(=O)C(NS(=O)(=O)c1cc(Cl)ccc1C#N)C(C)C. The Morgan fingerprint density at radius 1 is 1.43 bits per heavy atom. The first-order chi connectivity index (χ1) is 9.72. The van der Waals surface area contributed by atoms with Crippen LogP contribution in [0.1, 0.15) is 19.4 Å². The van der Waals surface area contributed by atoms with Crippen LogP contribution in [-0.2, 0) is 19.6 Å². The minimum atomic E-state index is -4.08. The topological polar surface area (TPSA) is 96.3 Å². The summed E-state index contributed by atoms with van der Waals surface area (Å²) >= 11 is 5.78. The molecule has 1 unspecified atom stereocenters. The van der Waals surface area contributed by atoms with Gasteiger partial charge in [0.05, 0.1) is 12.7 Å². The van der Waals surface area contributed by atoms with E-state index in [4.69, 9.17) is 16.9 Å². The highest BCUT2D eigenvalue weighted by atomic mass is 35.5. The lowest BCUT2D eigenvalue weighted by atomic mass is 10.1. The highest BCUT2D eigenvalue weighted by Crippen LogP contribution is 2.21. The van der Waals surface area contributed by atoms with Crippen LogP contribution in [0.25, 0.3) is 0 Å². The Kier molecular flexibility index (Phi) is 5.72. The predicted molar refractivity (Wildman–Crippen MR) is 77.1 cm³/mol. The molecule has 6 nitrogen and oxygen atoms in total. The second-order valence-corrected chi connectivity index (χ2v) is 6.74. The van der Waals surface area contributed by atoms with Crippen molar-refractivity contribution in [3.8, 4) is 6.07 Å². The van der Waals surface area contributed by atoms with Gasteiger partial charge in [-0.25, -0.2) is 8.42 Å². The lowest BCUT2D eigenvalue weighted by Gasteiger charge is -2.20. The van der Waals surface area contributed by atoms with Gasteiger partial charge in [0.2, 0.25) is 10.0 Å². The molecule has 1 atom stereocenters. The molecule has 0 aliphatic rings. The normalized spacial score (nSPS) is 12.8. The van der Waals surface area contributed by atoms with Crippen molar-refractivity contribution in [1.82, 2.24) is 4.72 Å². The van der Waals surface area contributed by atoms with Crippen LogP contribution in [0.3, 0.4) is 0 Å². The highest BCUT2D eigenvalue weighted by Gasteiger charge is 2.30. The molecule has 114 valence electrons. The van der Waals surface area contributed by atoms with Gasteiger partial charge in [0.25, 0.3) is 0 Å². The summed E-state index contributed by atoms with van der Waals surface area (Å²) < 4.78 is 31.6. The Morgan fingerprint density at radius 2 is 2.05 bits per heavy atom.